The number of hydrogen-bond acceptors (Lipinski definition) is 3. The molecular formula is C25H22FN3O2. The third-order valence-corrected chi connectivity index (χ3v) is 4.69. The fourth-order valence-electron chi connectivity index (χ4n) is 3.14. The highest BCUT2D eigenvalue weighted by Crippen LogP contribution is 2.16. The summed E-state index contributed by atoms with van der Waals surface area (Å²) in [6.07, 6.45) is 3.76. The topological polar surface area (TPSA) is 67.0 Å². The molecule has 1 heterocycles. The van der Waals surface area contributed by atoms with Gasteiger partial charge < -0.3 is 15.0 Å². The highest BCUT2D eigenvalue weighted by Gasteiger charge is 2.04. The van der Waals surface area contributed by atoms with E-state index in [0.29, 0.717) is 36.4 Å². The van der Waals surface area contributed by atoms with Gasteiger partial charge >= 0.3 is 0 Å². The molecule has 1 aromatic heterocycles. The van der Waals surface area contributed by atoms with Crippen molar-refractivity contribution < 1.29 is 13.9 Å². The Bertz CT molecular complexity index is 1200. The maximum atomic E-state index is 13.3. The third-order valence-electron chi connectivity index (χ3n) is 4.69. The van der Waals surface area contributed by atoms with Gasteiger partial charge in [0.15, 0.2) is 0 Å². The van der Waals surface area contributed by atoms with E-state index >= 15 is 0 Å². The van der Waals surface area contributed by atoms with Crippen molar-refractivity contribution in [1.29, 1.82) is 0 Å². The van der Waals surface area contributed by atoms with Gasteiger partial charge in [-0.25, -0.2) is 9.37 Å². The lowest BCUT2D eigenvalue weighted by Gasteiger charge is -2.07. The first-order valence-corrected chi connectivity index (χ1v) is 10.0. The summed E-state index contributed by atoms with van der Waals surface area (Å²) in [5, 5.41) is 2.83. The van der Waals surface area contributed by atoms with Gasteiger partial charge in [-0.1, -0.05) is 42.5 Å². The van der Waals surface area contributed by atoms with Crippen molar-refractivity contribution in [2.75, 3.05) is 6.54 Å². The number of imidazole rings is 1. The van der Waals surface area contributed by atoms with Crippen LogP contribution >= 0.6 is 0 Å². The molecule has 0 atom stereocenters. The molecule has 4 aromatic rings. The van der Waals surface area contributed by atoms with Crippen LogP contribution < -0.4 is 10.1 Å². The van der Waals surface area contributed by atoms with Crippen molar-refractivity contribution in [3.63, 3.8) is 0 Å². The number of carbonyl (C=O) groups excluding carboxylic acids is 1. The normalized spacial score (nSPS) is 11.1. The molecule has 0 saturated carbocycles. The number of fused-ring (bicyclic) bond motifs is 1. The van der Waals surface area contributed by atoms with Crippen LogP contribution in [0.25, 0.3) is 17.1 Å². The molecule has 0 aliphatic heterocycles. The van der Waals surface area contributed by atoms with E-state index in [-0.39, 0.29) is 11.7 Å². The monoisotopic (exact) mass is 415 g/mol. The minimum atomic E-state index is -0.310. The molecule has 0 fully saturated rings. The average molecular weight is 415 g/mol. The molecule has 31 heavy (non-hydrogen) atoms. The smallest absolute Gasteiger partial charge is 0.244 e. The van der Waals surface area contributed by atoms with E-state index in [2.05, 4.69) is 15.3 Å². The van der Waals surface area contributed by atoms with E-state index in [0.717, 1.165) is 16.9 Å². The van der Waals surface area contributed by atoms with E-state index in [1.165, 1.54) is 18.2 Å². The highest BCUT2D eigenvalue weighted by molar-refractivity contribution is 5.91. The lowest BCUT2D eigenvalue weighted by Crippen LogP contribution is -2.23. The summed E-state index contributed by atoms with van der Waals surface area (Å²) >= 11 is 0. The van der Waals surface area contributed by atoms with Gasteiger partial charge in [0.05, 0.1) is 11.0 Å². The van der Waals surface area contributed by atoms with E-state index < -0.39 is 0 Å². The van der Waals surface area contributed by atoms with Crippen molar-refractivity contribution in [2.24, 2.45) is 0 Å². The Labute approximate surface area is 179 Å². The van der Waals surface area contributed by atoms with Crippen molar-refractivity contribution in [3.05, 3.63) is 102 Å². The number of aromatic amines is 1. The van der Waals surface area contributed by atoms with Gasteiger partial charge in [-0.15, -0.1) is 0 Å². The first-order valence-electron chi connectivity index (χ1n) is 10.0. The maximum absolute atomic E-state index is 13.3. The fourth-order valence-corrected chi connectivity index (χ4v) is 3.14. The van der Waals surface area contributed by atoms with Crippen LogP contribution in [-0.4, -0.2) is 22.4 Å². The molecule has 3 aromatic carbocycles. The summed E-state index contributed by atoms with van der Waals surface area (Å²) in [6, 6.07) is 21.9. The SMILES string of the molecule is O=C(/C=C/c1cccc(OCc2ccccc2)c1)NCCc1nc2ccc(F)cc2[nH]1. The summed E-state index contributed by atoms with van der Waals surface area (Å²) in [4.78, 5) is 19.6. The Morgan fingerprint density at radius 1 is 1.06 bits per heavy atom. The Hall–Kier alpha value is -3.93. The Balaban J connectivity index is 1.26. The van der Waals surface area contributed by atoms with E-state index in [4.69, 9.17) is 4.74 Å². The minimum absolute atomic E-state index is 0.197. The van der Waals surface area contributed by atoms with Gasteiger partial charge in [0.25, 0.3) is 0 Å². The van der Waals surface area contributed by atoms with Gasteiger partial charge in [-0.2, -0.15) is 0 Å². The molecule has 4 rings (SSSR count). The Morgan fingerprint density at radius 3 is 2.81 bits per heavy atom. The van der Waals surface area contributed by atoms with Crippen molar-refractivity contribution in [3.8, 4) is 5.75 Å². The zero-order chi connectivity index (χ0) is 21.5. The number of hydrogen-bond donors (Lipinski definition) is 2. The van der Waals surface area contributed by atoms with Crippen LogP contribution in [0.5, 0.6) is 5.75 Å². The number of benzene rings is 3. The zero-order valence-electron chi connectivity index (χ0n) is 16.8. The van der Waals surface area contributed by atoms with Crippen LogP contribution in [-0.2, 0) is 17.8 Å². The number of halogens is 1. The minimum Gasteiger partial charge on any atom is -0.489 e. The van der Waals surface area contributed by atoms with E-state index in [9.17, 15) is 9.18 Å². The molecule has 0 spiro atoms. The van der Waals surface area contributed by atoms with Gasteiger partial charge in [0.1, 0.15) is 24.0 Å². The summed E-state index contributed by atoms with van der Waals surface area (Å²) in [5.41, 5.74) is 3.32. The van der Waals surface area contributed by atoms with E-state index in [1.807, 2.05) is 54.6 Å². The first kappa shape index (κ1) is 20.3. The predicted octanol–water partition coefficient (Wildman–Crippen LogP) is 4.65. The Kier molecular flexibility index (Phi) is 6.38. The maximum Gasteiger partial charge on any atom is 0.244 e. The molecule has 0 aliphatic rings. The number of nitrogens with one attached hydrogen (secondary N) is 2. The molecule has 0 bridgehead atoms. The molecule has 0 radical (unpaired) electrons. The van der Waals surface area contributed by atoms with Crippen LogP contribution in [0.1, 0.15) is 17.0 Å². The lowest BCUT2D eigenvalue weighted by atomic mass is 10.2. The number of H-pyrrole nitrogens is 1. The van der Waals surface area contributed by atoms with Gasteiger partial charge in [0.2, 0.25) is 5.91 Å². The third kappa shape index (κ3) is 5.79. The second-order valence-electron chi connectivity index (χ2n) is 7.07. The van der Waals surface area contributed by atoms with Gasteiger partial charge in [0, 0.05) is 19.0 Å². The standard InChI is InChI=1S/C25H22FN3O2/c26-20-10-11-22-23(16-20)29-24(28-22)13-14-27-25(30)12-9-18-7-4-8-21(15-18)31-17-19-5-2-1-3-6-19/h1-12,15-16H,13-14,17H2,(H,27,30)(H,28,29)/b12-9+. The lowest BCUT2D eigenvalue weighted by molar-refractivity contribution is -0.116. The molecule has 6 heteroatoms. The molecule has 5 nitrogen and oxygen atoms in total. The van der Waals surface area contributed by atoms with Crippen molar-refractivity contribution in [2.45, 2.75) is 13.0 Å². The van der Waals surface area contributed by atoms with Gasteiger partial charge in [-0.3, -0.25) is 4.79 Å². The average Bonchev–Trinajstić information content (AvgIpc) is 3.19. The van der Waals surface area contributed by atoms with E-state index in [1.54, 1.807) is 12.1 Å². The summed E-state index contributed by atoms with van der Waals surface area (Å²) in [7, 11) is 0. The van der Waals surface area contributed by atoms with Crippen LogP contribution in [0.15, 0.2) is 78.9 Å². The second kappa shape index (κ2) is 9.71. The molecule has 1 amide bonds. The van der Waals surface area contributed by atoms with Crippen LogP contribution in [0.4, 0.5) is 4.39 Å². The summed E-state index contributed by atoms with van der Waals surface area (Å²) in [5.74, 6) is 0.939. The number of ether oxygens (including phenoxy) is 1. The Morgan fingerprint density at radius 2 is 1.94 bits per heavy atom. The fraction of sp³-hybridized carbons (Fsp3) is 0.120. The second-order valence-corrected chi connectivity index (χ2v) is 7.07. The molecule has 156 valence electrons. The number of carbonyl (C=O) groups is 1. The summed E-state index contributed by atoms with van der Waals surface area (Å²) < 4.78 is 19.1. The summed E-state index contributed by atoms with van der Waals surface area (Å²) in [6.45, 7) is 0.911. The van der Waals surface area contributed by atoms with Crippen molar-refractivity contribution in [1.82, 2.24) is 15.3 Å². The predicted molar refractivity (Wildman–Crippen MR) is 119 cm³/mol. The number of aromatic nitrogens is 2. The molecule has 2 N–H and O–H groups in total. The van der Waals surface area contributed by atoms with Crippen LogP contribution in [0.2, 0.25) is 0 Å². The highest BCUT2D eigenvalue weighted by atomic mass is 19.1. The van der Waals surface area contributed by atoms with Crippen LogP contribution in [0, 0.1) is 5.82 Å². The molecule has 0 aliphatic carbocycles. The molecule has 0 unspecified atom stereocenters. The van der Waals surface area contributed by atoms with Gasteiger partial charge in [-0.05, 0) is 47.5 Å². The van der Waals surface area contributed by atoms with Crippen LogP contribution in [0.3, 0.4) is 0 Å². The molecular weight excluding hydrogens is 393 g/mol. The number of nitrogens with zero attached hydrogens (tertiary/aromatic N) is 1. The zero-order valence-corrected chi connectivity index (χ0v) is 16.8. The largest absolute Gasteiger partial charge is 0.489 e. The van der Waals surface area contributed by atoms with Crippen molar-refractivity contribution >= 4 is 23.0 Å². The first-order chi connectivity index (χ1) is 15.2. The quantitative estimate of drug-likeness (QED) is 0.412. The molecule has 0 saturated heterocycles. The number of amides is 1. The number of rotatable bonds is 8.